The Morgan fingerprint density at radius 2 is 1.86 bits per heavy atom. The van der Waals surface area contributed by atoms with E-state index in [1.54, 1.807) is 17.1 Å². The topological polar surface area (TPSA) is 68.0 Å². The first kappa shape index (κ1) is 19.7. The van der Waals surface area contributed by atoms with Gasteiger partial charge in [-0.1, -0.05) is 25.5 Å². The Morgan fingerprint density at radius 3 is 2.66 bits per heavy atom. The first-order valence-corrected chi connectivity index (χ1v) is 12.0. The van der Waals surface area contributed by atoms with Gasteiger partial charge in [0.15, 0.2) is 5.78 Å². The van der Waals surface area contributed by atoms with Crippen LogP contribution in [0.2, 0.25) is 0 Å². The van der Waals surface area contributed by atoms with Gasteiger partial charge in [0, 0.05) is 12.1 Å². The Hall–Kier alpha value is -1.23. The fraction of sp³-hybridized carbons (Fsp3) is 0.875. The van der Waals surface area contributed by atoms with Crippen LogP contribution in [0.25, 0.3) is 0 Å². The summed E-state index contributed by atoms with van der Waals surface area (Å²) in [6.07, 6.45) is 15.2. The molecule has 5 nitrogen and oxygen atoms in total. The minimum atomic E-state index is -0.0769. The Kier molecular flexibility index (Phi) is 4.88. The van der Waals surface area contributed by atoms with E-state index < -0.39 is 0 Å². The Labute approximate surface area is 174 Å². The van der Waals surface area contributed by atoms with E-state index in [2.05, 4.69) is 24.2 Å². The number of rotatable bonds is 3. The second kappa shape index (κ2) is 7.18. The maximum absolute atomic E-state index is 13.3. The van der Waals surface area contributed by atoms with Crippen molar-refractivity contribution in [3.63, 3.8) is 0 Å². The molecule has 0 radical (unpaired) electrons. The van der Waals surface area contributed by atoms with Crippen LogP contribution in [0.3, 0.4) is 0 Å². The summed E-state index contributed by atoms with van der Waals surface area (Å²) in [5, 5.41) is 18.1. The summed E-state index contributed by atoms with van der Waals surface area (Å²) in [5.74, 6) is 3.48. The molecule has 1 aromatic rings. The number of Topliss-reactive ketones (excluding diaryl/α,β-unsaturated/α-hetero) is 1. The van der Waals surface area contributed by atoms with Gasteiger partial charge in [-0.3, -0.25) is 4.79 Å². The molecule has 0 saturated heterocycles. The van der Waals surface area contributed by atoms with E-state index in [9.17, 15) is 9.90 Å². The Balaban J connectivity index is 1.38. The summed E-state index contributed by atoms with van der Waals surface area (Å²) >= 11 is 0. The van der Waals surface area contributed by atoms with Crippen molar-refractivity contribution in [2.24, 2.45) is 40.4 Å². The van der Waals surface area contributed by atoms with E-state index in [1.165, 1.54) is 44.9 Å². The van der Waals surface area contributed by atoms with E-state index >= 15 is 0 Å². The fourth-order valence-corrected chi connectivity index (χ4v) is 8.55. The Morgan fingerprint density at radius 1 is 1.07 bits per heavy atom. The quantitative estimate of drug-likeness (QED) is 0.825. The van der Waals surface area contributed by atoms with E-state index in [1.807, 2.05) is 0 Å². The number of aliphatic hydroxyl groups excluding tert-OH is 1. The van der Waals surface area contributed by atoms with E-state index in [4.69, 9.17) is 0 Å². The summed E-state index contributed by atoms with van der Waals surface area (Å²) in [6, 6.07) is 0. The number of aromatic nitrogens is 3. The van der Waals surface area contributed by atoms with Crippen LogP contribution in [0.1, 0.15) is 78.1 Å². The molecule has 5 rings (SSSR count). The lowest BCUT2D eigenvalue weighted by atomic mass is 9.41. The first-order chi connectivity index (χ1) is 13.9. The lowest BCUT2D eigenvalue weighted by Crippen LogP contribution is -2.57. The van der Waals surface area contributed by atoms with Crippen molar-refractivity contribution < 1.29 is 9.90 Å². The largest absolute Gasteiger partial charge is 0.393 e. The van der Waals surface area contributed by atoms with Gasteiger partial charge in [0.2, 0.25) is 0 Å². The molecule has 0 amide bonds. The summed E-state index contributed by atoms with van der Waals surface area (Å²) in [4.78, 5) is 13.3. The highest BCUT2D eigenvalue weighted by molar-refractivity contribution is 5.81. The molecule has 0 aromatic carbocycles. The van der Waals surface area contributed by atoms with Crippen LogP contribution >= 0.6 is 0 Å². The van der Waals surface area contributed by atoms with Crippen LogP contribution in [0.5, 0.6) is 0 Å². The molecule has 4 fully saturated rings. The predicted octanol–water partition coefficient (Wildman–Crippen LogP) is 4.26. The summed E-state index contributed by atoms with van der Waals surface area (Å²) < 4.78 is 1.69. The third kappa shape index (κ3) is 3.10. The molecule has 0 unspecified atom stereocenters. The van der Waals surface area contributed by atoms with Crippen LogP contribution in [0, 0.1) is 40.4 Å². The van der Waals surface area contributed by atoms with Crippen molar-refractivity contribution in [1.82, 2.24) is 15.0 Å². The second-order valence-electron chi connectivity index (χ2n) is 11.2. The smallest absolute Gasteiger partial charge is 0.157 e. The third-order valence-corrected chi connectivity index (χ3v) is 10.1. The lowest BCUT2D eigenvalue weighted by molar-refractivity contribution is -0.160. The molecule has 1 N–H and O–H groups in total. The van der Waals surface area contributed by atoms with Gasteiger partial charge in [-0.25, -0.2) is 4.68 Å². The molecule has 0 bridgehead atoms. The highest BCUT2D eigenvalue weighted by Crippen LogP contribution is 2.66. The van der Waals surface area contributed by atoms with Gasteiger partial charge in [0.25, 0.3) is 0 Å². The number of carbonyl (C=O) groups excluding carboxylic acids is 1. The molecule has 4 saturated carbocycles. The van der Waals surface area contributed by atoms with Gasteiger partial charge in [-0.15, -0.1) is 5.10 Å². The molecular weight excluding hydrogens is 362 g/mol. The van der Waals surface area contributed by atoms with Gasteiger partial charge >= 0.3 is 0 Å². The normalized spacial score (nSPS) is 47.0. The van der Waals surface area contributed by atoms with Gasteiger partial charge in [-0.2, -0.15) is 0 Å². The molecule has 0 aliphatic heterocycles. The van der Waals surface area contributed by atoms with E-state index in [0.717, 1.165) is 31.1 Å². The first-order valence-electron chi connectivity index (χ1n) is 12.0. The average Bonchev–Trinajstić information content (AvgIpc) is 3.20. The maximum atomic E-state index is 13.3. The minimum absolute atomic E-state index is 0.0769. The standard InChI is InChI=1S/C24H37N3O2/c1-23-10-8-17(28)14-16(23)6-7-18-19-4-3-5-21(24(19,2)11-9-20(18)23)22(29)15-27-13-12-25-26-27/h12-13,16-21,28H,3-11,14-15H2,1-2H3/t16-,17+,18-,19-,20-,21+,23-,24-/m0/s1. The van der Waals surface area contributed by atoms with Crippen molar-refractivity contribution in [2.45, 2.75) is 90.7 Å². The van der Waals surface area contributed by atoms with Gasteiger partial charge in [0.1, 0.15) is 6.54 Å². The summed E-state index contributed by atoms with van der Waals surface area (Å²) in [7, 11) is 0. The van der Waals surface area contributed by atoms with Crippen molar-refractivity contribution in [3.8, 4) is 0 Å². The van der Waals surface area contributed by atoms with Crippen molar-refractivity contribution in [1.29, 1.82) is 0 Å². The monoisotopic (exact) mass is 399 g/mol. The molecule has 4 aliphatic carbocycles. The minimum Gasteiger partial charge on any atom is -0.393 e. The average molecular weight is 400 g/mol. The zero-order chi connectivity index (χ0) is 20.2. The third-order valence-electron chi connectivity index (χ3n) is 10.1. The molecule has 160 valence electrons. The number of aliphatic hydroxyl groups is 1. The predicted molar refractivity (Wildman–Crippen MR) is 111 cm³/mol. The summed E-state index contributed by atoms with van der Waals surface area (Å²) in [6.45, 7) is 5.36. The number of ketones is 1. The Bertz CT molecular complexity index is 749. The van der Waals surface area contributed by atoms with Gasteiger partial charge < -0.3 is 5.11 Å². The number of hydrogen-bond donors (Lipinski definition) is 1. The summed E-state index contributed by atoms with van der Waals surface area (Å²) in [5.41, 5.74) is 0.551. The van der Waals surface area contributed by atoms with Crippen molar-refractivity contribution in [3.05, 3.63) is 12.4 Å². The molecule has 5 heteroatoms. The fourth-order valence-electron chi connectivity index (χ4n) is 8.55. The number of hydrogen-bond acceptors (Lipinski definition) is 4. The molecular formula is C24H37N3O2. The van der Waals surface area contributed by atoms with Crippen molar-refractivity contribution >= 4 is 5.78 Å². The van der Waals surface area contributed by atoms with Crippen LogP contribution in [-0.2, 0) is 11.3 Å². The van der Waals surface area contributed by atoms with Crippen LogP contribution < -0.4 is 0 Å². The molecule has 0 spiro atoms. The molecule has 8 atom stereocenters. The van der Waals surface area contributed by atoms with Crippen LogP contribution in [0.4, 0.5) is 0 Å². The van der Waals surface area contributed by atoms with Gasteiger partial charge in [0.05, 0.1) is 12.3 Å². The SMILES string of the molecule is C[C@]12CC[C@@H](O)C[C@@H]1CC[C@@H]1[C@@H]2CC[C@]2(C)[C@@H](C(=O)Cn3ccnn3)CCC[C@@H]12. The van der Waals surface area contributed by atoms with Crippen molar-refractivity contribution in [2.75, 3.05) is 0 Å². The highest BCUT2D eigenvalue weighted by atomic mass is 16.3. The zero-order valence-corrected chi connectivity index (χ0v) is 18.1. The molecule has 29 heavy (non-hydrogen) atoms. The number of carbonyl (C=O) groups is 1. The highest BCUT2D eigenvalue weighted by Gasteiger charge is 2.59. The zero-order valence-electron chi connectivity index (χ0n) is 18.1. The molecule has 4 aliphatic rings. The lowest BCUT2D eigenvalue weighted by Gasteiger charge is -2.63. The molecule has 1 aromatic heterocycles. The van der Waals surface area contributed by atoms with E-state index in [-0.39, 0.29) is 17.4 Å². The number of nitrogens with zero attached hydrogens (tertiary/aromatic N) is 3. The number of fused-ring (bicyclic) bond motifs is 5. The maximum Gasteiger partial charge on any atom is 0.157 e. The van der Waals surface area contributed by atoms with Crippen LogP contribution in [0.15, 0.2) is 12.4 Å². The van der Waals surface area contributed by atoms with E-state index in [0.29, 0.717) is 29.6 Å². The second-order valence-corrected chi connectivity index (χ2v) is 11.2. The van der Waals surface area contributed by atoms with Gasteiger partial charge in [-0.05, 0) is 92.3 Å². The van der Waals surface area contributed by atoms with Crippen LogP contribution in [-0.4, -0.2) is 32.0 Å². The molecule has 1 heterocycles.